The zero-order valence-electron chi connectivity index (χ0n) is 9.74. The van der Waals surface area contributed by atoms with Crippen LogP contribution in [0.2, 0.25) is 0 Å². The number of hydrogen-bond donors (Lipinski definition) is 2. The smallest absolute Gasteiger partial charge is 0.137 e. The second kappa shape index (κ2) is 5.98. The third-order valence-electron chi connectivity index (χ3n) is 2.70. The lowest BCUT2D eigenvalue weighted by Crippen LogP contribution is -2.20. The van der Waals surface area contributed by atoms with Gasteiger partial charge in [0.25, 0.3) is 0 Å². The molecule has 0 fully saturated rings. The van der Waals surface area contributed by atoms with Gasteiger partial charge in [-0.2, -0.15) is 0 Å². The lowest BCUT2D eigenvalue weighted by Gasteiger charge is -2.18. The van der Waals surface area contributed by atoms with Crippen LogP contribution in [0.3, 0.4) is 0 Å². The summed E-state index contributed by atoms with van der Waals surface area (Å²) in [6.45, 7) is 0.399. The highest BCUT2D eigenvalue weighted by molar-refractivity contribution is 9.10. The molecule has 0 heterocycles. The zero-order valence-corrected chi connectivity index (χ0v) is 11.3. The fourth-order valence-corrected chi connectivity index (χ4v) is 1.99. The number of benzene rings is 2. The molecule has 2 nitrogen and oxygen atoms in total. The molecule has 0 aliphatic heterocycles. The van der Waals surface area contributed by atoms with Gasteiger partial charge in [0.05, 0.1) is 10.5 Å². The first kappa shape index (κ1) is 13.1. The summed E-state index contributed by atoms with van der Waals surface area (Å²) < 4.78 is 14.0. The van der Waals surface area contributed by atoms with Crippen LogP contribution in [0, 0.1) is 5.82 Å². The Morgan fingerprint density at radius 2 is 1.89 bits per heavy atom. The molecule has 0 aliphatic carbocycles. The van der Waals surface area contributed by atoms with E-state index in [0.29, 0.717) is 11.0 Å². The largest absolute Gasteiger partial charge is 0.377 e. The van der Waals surface area contributed by atoms with E-state index in [2.05, 4.69) is 21.2 Å². The summed E-state index contributed by atoms with van der Waals surface area (Å²) in [5, 5.41) is 3.28. The highest BCUT2D eigenvalue weighted by atomic mass is 79.9. The Labute approximate surface area is 114 Å². The second-order valence-corrected chi connectivity index (χ2v) is 4.83. The van der Waals surface area contributed by atoms with Gasteiger partial charge in [0.1, 0.15) is 5.82 Å². The van der Waals surface area contributed by atoms with Crippen LogP contribution in [-0.2, 0) is 0 Å². The maximum atomic E-state index is 13.5. The minimum Gasteiger partial charge on any atom is -0.377 e. The SMILES string of the molecule is NCC(Nc1ccccc1)c1ccc(Br)c(F)c1. The molecule has 1 atom stereocenters. The Balaban J connectivity index is 2.20. The van der Waals surface area contributed by atoms with Crippen molar-refractivity contribution >= 4 is 21.6 Å². The second-order valence-electron chi connectivity index (χ2n) is 3.97. The van der Waals surface area contributed by atoms with Crippen molar-refractivity contribution < 1.29 is 4.39 Å². The Bertz CT molecular complexity index is 516. The molecule has 0 aromatic heterocycles. The Morgan fingerprint density at radius 3 is 2.50 bits per heavy atom. The maximum absolute atomic E-state index is 13.5. The number of anilines is 1. The third kappa shape index (κ3) is 3.09. The lowest BCUT2D eigenvalue weighted by molar-refractivity contribution is 0.615. The van der Waals surface area contributed by atoms with Gasteiger partial charge in [-0.3, -0.25) is 0 Å². The summed E-state index contributed by atoms with van der Waals surface area (Å²) in [4.78, 5) is 0. The number of halogens is 2. The summed E-state index contributed by atoms with van der Waals surface area (Å²) in [5.74, 6) is -0.277. The van der Waals surface area contributed by atoms with Crippen molar-refractivity contribution in [2.75, 3.05) is 11.9 Å². The van der Waals surface area contributed by atoms with E-state index in [1.54, 1.807) is 6.07 Å². The molecule has 0 bridgehead atoms. The molecule has 2 aromatic rings. The van der Waals surface area contributed by atoms with Crippen LogP contribution in [0.1, 0.15) is 11.6 Å². The van der Waals surface area contributed by atoms with Crippen LogP contribution in [0.4, 0.5) is 10.1 Å². The van der Waals surface area contributed by atoms with Crippen molar-refractivity contribution in [3.05, 3.63) is 64.4 Å². The first-order chi connectivity index (χ1) is 8.70. The Kier molecular flexibility index (Phi) is 4.33. The quantitative estimate of drug-likeness (QED) is 0.904. The summed E-state index contributed by atoms with van der Waals surface area (Å²) in [7, 11) is 0. The summed E-state index contributed by atoms with van der Waals surface area (Å²) >= 11 is 3.14. The fraction of sp³-hybridized carbons (Fsp3) is 0.143. The molecule has 0 radical (unpaired) electrons. The molecule has 18 heavy (non-hydrogen) atoms. The molecule has 0 aliphatic rings. The van der Waals surface area contributed by atoms with Crippen LogP contribution in [-0.4, -0.2) is 6.54 Å². The van der Waals surface area contributed by atoms with Crippen LogP contribution in [0.25, 0.3) is 0 Å². The molecule has 3 N–H and O–H groups in total. The highest BCUT2D eigenvalue weighted by Crippen LogP contribution is 2.23. The van der Waals surface area contributed by atoms with Crippen molar-refractivity contribution in [3.8, 4) is 0 Å². The van der Waals surface area contributed by atoms with E-state index in [4.69, 9.17) is 5.73 Å². The molecule has 2 aromatic carbocycles. The van der Waals surface area contributed by atoms with E-state index >= 15 is 0 Å². The van der Waals surface area contributed by atoms with Gasteiger partial charge in [0.15, 0.2) is 0 Å². The van der Waals surface area contributed by atoms with Crippen molar-refractivity contribution in [2.45, 2.75) is 6.04 Å². The van der Waals surface area contributed by atoms with Crippen molar-refractivity contribution in [1.29, 1.82) is 0 Å². The van der Waals surface area contributed by atoms with Gasteiger partial charge in [-0.1, -0.05) is 24.3 Å². The molecule has 0 amide bonds. The lowest BCUT2D eigenvalue weighted by atomic mass is 10.1. The van der Waals surface area contributed by atoms with Crippen molar-refractivity contribution in [1.82, 2.24) is 0 Å². The minimum atomic E-state index is -0.277. The summed E-state index contributed by atoms with van der Waals surface area (Å²) in [6.07, 6.45) is 0. The average molecular weight is 309 g/mol. The first-order valence-corrected chi connectivity index (χ1v) is 6.46. The van der Waals surface area contributed by atoms with E-state index in [1.807, 2.05) is 36.4 Å². The highest BCUT2D eigenvalue weighted by Gasteiger charge is 2.11. The number of rotatable bonds is 4. The predicted molar refractivity (Wildman–Crippen MR) is 76.0 cm³/mol. The van der Waals surface area contributed by atoms with Gasteiger partial charge in [-0.05, 0) is 45.8 Å². The Morgan fingerprint density at radius 1 is 1.17 bits per heavy atom. The molecule has 4 heteroatoms. The zero-order chi connectivity index (χ0) is 13.0. The number of nitrogens with one attached hydrogen (secondary N) is 1. The first-order valence-electron chi connectivity index (χ1n) is 5.67. The minimum absolute atomic E-state index is 0.102. The van der Waals surface area contributed by atoms with Gasteiger partial charge in [0.2, 0.25) is 0 Å². The Hall–Kier alpha value is -1.39. The summed E-state index contributed by atoms with van der Waals surface area (Å²) in [6, 6.07) is 14.7. The monoisotopic (exact) mass is 308 g/mol. The molecule has 94 valence electrons. The van der Waals surface area contributed by atoms with Gasteiger partial charge < -0.3 is 11.1 Å². The normalized spacial score (nSPS) is 12.2. The van der Waals surface area contributed by atoms with Gasteiger partial charge in [0, 0.05) is 12.2 Å². The van der Waals surface area contributed by atoms with E-state index in [9.17, 15) is 4.39 Å². The van der Waals surface area contributed by atoms with E-state index < -0.39 is 0 Å². The predicted octanol–water partition coefficient (Wildman–Crippen LogP) is 3.70. The van der Waals surface area contributed by atoms with E-state index in [1.165, 1.54) is 6.07 Å². The van der Waals surface area contributed by atoms with Crippen LogP contribution < -0.4 is 11.1 Å². The van der Waals surface area contributed by atoms with Gasteiger partial charge in [-0.15, -0.1) is 0 Å². The number of para-hydroxylation sites is 1. The molecule has 0 saturated carbocycles. The van der Waals surface area contributed by atoms with Crippen LogP contribution in [0.15, 0.2) is 53.0 Å². The van der Waals surface area contributed by atoms with E-state index in [-0.39, 0.29) is 11.9 Å². The molecule has 2 rings (SSSR count). The fourth-order valence-electron chi connectivity index (χ4n) is 1.74. The molecule has 0 saturated heterocycles. The molecular formula is C14H14BrFN2. The standard InChI is InChI=1S/C14H14BrFN2/c15-12-7-6-10(8-13(12)16)14(9-17)18-11-4-2-1-3-5-11/h1-8,14,18H,9,17H2. The van der Waals surface area contributed by atoms with E-state index in [0.717, 1.165) is 11.3 Å². The summed E-state index contributed by atoms with van der Waals surface area (Å²) in [5.41, 5.74) is 7.55. The molecular weight excluding hydrogens is 295 g/mol. The van der Waals surface area contributed by atoms with Crippen molar-refractivity contribution in [3.63, 3.8) is 0 Å². The maximum Gasteiger partial charge on any atom is 0.137 e. The van der Waals surface area contributed by atoms with Crippen molar-refractivity contribution in [2.24, 2.45) is 5.73 Å². The topological polar surface area (TPSA) is 38.0 Å². The molecule has 1 unspecified atom stereocenters. The molecule has 0 spiro atoms. The third-order valence-corrected chi connectivity index (χ3v) is 3.34. The number of hydrogen-bond acceptors (Lipinski definition) is 2. The van der Waals surface area contributed by atoms with Crippen LogP contribution >= 0.6 is 15.9 Å². The van der Waals surface area contributed by atoms with Crippen LogP contribution in [0.5, 0.6) is 0 Å². The van der Waals surface area contributed by atoms with Gasteiger partial charge in [-0.25, -0.2) is 4.39 Å². The average Bonchev–Trinajstić information content (AvgIpc) is 2.40. The number of nitrogens with two attached hydrogens (primary N) is 1. The van der Waals surface area contributed by atoms with Gasteiger partial charge >= 0.3 is 0 Å².